The van der Waals surface area contributed by atoms with Crippen LogP contribution in [0, 0.1) is 0 Å². The van der Waals surface area contributed by atoms with Crippen molar-refractivity contribution in [3.63, 3.8) is 0 Å². The second-order valence-corrected chi connectivity index (χ2v) is 5.54. The molecule has 0 heterocycles. The largest absolute Gasteiger partial charge is 0.497 e. The molecular formula is C21H20N4O2. The lowest BCUT2D eigenvalue weighted by Gasteiger charge is -2.05. The van der Waals surface area contributed by atoms with Gasteiger partial charge in [-0.05, 0) is 60.7 Å². The summed E-state index contributed by atoms with van der Waals surface area (Å²) < 4.78 is 10.4. The van der Waals surface area contributed by atoms with Gasteiger partial charge >= 0.3 is 0 Å². The molecule has 0 unspecified atom stereocenters. The molecule has 1 N–H and O–H groups in total. The maximum absolute atomic E-state index is 5.21. The summed E-state index contributed by atoms with van der Waals surface area (Å²) in [5.74, 6) is 1.99. The third-order valence-electron chi connectivity index (χ3n) is 3.75. The lowest BCUT2D eigenvalue weighted by molar-refractivity contribution is 0.414. The Bertz CT molecular complexity index is 905. The van der Waals surface area contributed by atoms with Crippen LogP contribution in [-0.2, 0) is 0 Å². The van der Waals surface area contributed by atoms with Crippen molar-refractivity contribution in [3.8, 4) is 11.5 Å². The van der Waals surface area contributed by atoms with Crippen molar-refractivity contribution in [2.75, 3.05) is 19.6 Å². The topological polar surface area (TPSA) is 67.6 Å². The maximum Gasteiger partial charge on any atom is 0.201 e. The first kappa shape index (κ1) is 18.1. The van der Waals surface area contributed by atoms with Gasteiger partial charge in [-0.15, -0.1) is 10.2 Å². The predicted octanol–water partition coefficient (Wildman–Crippen LogP) is 5.26. The summed E-state index contributed by atoms with van der Waals surface area (Å²) >= 11 is 0. The molecule has 0 aliphatic heterocycles. The Hall–Kier alpha value is -3.67. The minimum atomic E-state index is 0.456. The number of anilines is 1. The van der Waals surface area contributed by atoms with E-state index in [4.69, 9.17) is 9.47 Å². The van der Waals surface area contributed by atoms with Crippen molar-refractivity contribution in [3.05, 3.63) is 84.4 Å². The summed E-state index contributed by atoms with van der Waals surface area (Å²) in [4.78, 5) is 0. The molecule has 0 radical (unpaired) electrons. The molecule has 136 valence electrons. The van der Waals surface area contributed by atoms with Crippen molar-refractivity contribution in [1.29, 1.82) is 0 Å². The van der Waals surface area contributed by atoms with E-state index in [9.17, 15) is 0 Å². The van der Waals surface area contributed by atoms with E-state index in [0.29, 0.717) is 11.5 Å². The second-order valence-electron chi connectivity index (χ2n) is 5.54. The van der Waals surface area contributed by atoms with E-state index in [1.54, 1.807) is 14.2 Å². The lowest BCUT2D eigenvalue weighted by atomic mass is 10.2. The Morgan fingerprint density at radius 2 is 1.33 bits per heavy atom. The van der Waals surface area contributed by atoms with Crippen molar-refractivity contribution in [2.24, 2.45) is 15.3 Å². The van der Waals surface area contributed by atoms with Gasteiger partial charge in [-0.1, -0.05) is 18.2 Å². The smallest absolute Gasteiger partial charge is 0.201 e. The molecule has 0 saturated carbocycles. The zero-order chi connectivity index (χ0) is 18.9. The van der Waals surface area contributed by atoms with Crippen LogP contribution in [0.4, 0.5) is 11.4 Å². The Labute approximate surface area is 158 Å². The molecular weight excluding hydrogens is 340 g/mol. The average molecular weight is 360 g/mol. The molecule has 0 saturated heterocycles. The molecule has 3 aromatic rings. The number of hydrogen-bond donors (Lipinski definition) is 1. The van der Waals surface area contributed by atoms with Crippen molar-refractivity contribution < 1.29 is 9.47 Å². The van der Waals surface area contributed by atoms with E-state index >= 15 is 0 Å². The predicted molar refractivity (Wildman–Crippen MR) is 107 cm³/mol. The van der Waals surface area contributed by atoms with E-state index in [0.717, 1.165) is 22.7 Å². The first-order valence-electron chi connectivity index (χ1n) is 8.37. The van der Waals surface area contributed by atoms with Gasteiger partial charge < -0.3 is 9.47 Å². The highest BCUT2D eigenvalue weighted by Gasteiger charge is 2.04. The van der Waals surface area contributed by atoms with Gasteiger partial charge in [0.2, 0.25) is 5.84 Å². The van der Waals surface area contributed by atoms with E-state index in [2.05, 4.69) is 20.8 Å². The number of amidine groups is 1. The molecule has 0 amide bonds. The van der Waals surface area contributed by atoms with E-state index in [1.165, 1.54) is 0 Å². The fraction of sp³-hybridized carbons (Fsp3) is 0.0952. The van der Waals surface area contributed by atoms with Crippen LogP contribution >= 0.6 is 0 Å². The van der Waals surface area contributed by atoms with Gasteiger partial charge in [-0.25, -0.2) is 0 Å². The molecule has 6 heteroatoms. The zero-order valence-corrected chi connectivity index (χ0v) is 15.2. The van der Waals surface area contributed by atoms with Crippen LogP contribution in [-0.4, -0.2) is 20.1 Å². The number of benzene rings is 3. The van der Waals surface area contributed by atoms with Gasteiger partial charge in [-0.2, -0.15) is 5.10 Å². The Morgan fingerprint density at radius 3 is 1.93 bits per heavy atom. The van der Waals surface area contributed by atoms with Crippen LogP contribution < -0.4 is 14.9 Å². The molecule has 0 aromatic heterocycles. The molecule has 3 aromatic carbocycles. The van der Waals surface area contributed by atoms with Crippen LogP contribution in [0.2, 0.25) is 0 Å². The third-order valence-corrected chi connectivity index (χ3v) is 3.75. The van der Waals surface area contributed by atoms with Crippen LogP contribution in [0.5, 0.6) is 11.5 Å². The molecule has 0 bridgehead atoms. The van der Waals surface area contributed by atoms with Crippen LogP contribution in [0.25, 0.3) is 0 Å². The number of nitrogens with zero attached hydrogens (tertiary/aromatic N) is 3. The van der Waals surface area contributed by atoms with Crippen LogP contribution in [0.1, 0.15) is 5.56 Å². The Morgan fingerprint density at radius 1 is 0.741 bits per heavy atom. The number of methoxy groups -OCH3 is 2. The van der Waals surface area contributed by atoms with Gasteiger partial charge in [0.05, 0.1) is 25.6 Å². The highest BCUT2D eigenvalue weighted by Crippen LogP contribution is 2.19. The molecule has 0 atom stereocenters. The zero-order valence-electron chi connectivity index (χ0n) is 15.2. The molecule has 27 heavy (non-hydrogen) atoms. The summed E-state index contributed by atoms with van der Waals surface area (Å²) in [7, 11) is 3.25. The van der Waals surface area contributed by atoms with E-state index < -0.39 is 0 Å². The number of rotatable bonds is 6. The molecule has 3 rings (SSSR count). The van der Waals surface area contributed by atoms with Gasteiger partial charge in [0.25, 0.3) is 0 Å². The van der Waals surface area contributed by atoms with Crippen LogP contribution in [0.15, 0.2) is 94.2 Å². The van der Waals surface area contributed by atoms with Gasteiger partial charge in [-0.3, -0.25) is 5.43 Å². The number of hydrogen-bond acceptors (Lipinski definition) is 5. The van der Waals surface area contributed by atoms with Crippen molar-refractivity contribution in [1.82, 2.24) is 0 Å². The molecule has 0 aliphatic carbocycles. The van der Waals surface area contributed by atoms with Gasteiger partial charge in [0.1, 0.15) is 11.5 Å². The highest BCUT2D eigenvalue weighted by molar-refractivity contribution is 5.99. The van der Waals surface area contributed by atoms with Crippen molar-refractivity contribution in [2.45, 2.75) is 0 Å². The number of ether oxygens (including phenoxy) is 2. The standard InChI is InChI=1S/C21H20N4O2/c1-26-19-12-8-16(9-13-19)21(24-22-17-6-4-3-5-7-17)25-23-18-10-14-20(27-2)15-11-18/h3-15,22H,1-2H3/b24-21-,25-23?. The lowest BCUT2D eigenvalue weighted by Crippen LogP contribution is -2.01. The quantitative estimate of drug-likeness (QED) is 0.282. The molecule has 0 fully saturated rings. The third kappa shape index (κ3) is 5.15. The Kier molecular flexibility index (Phi) is 6.14. The number of hydrazone groups is 1. The molecule has 0 aliphatic rings. The van der Waals surface area contributed by atoms with E-state index in [-0.39, 0.29) is 0 Å². The van der Waals surface area contributed by atoms with Crippen LogP contribution in [0.3, 0.4) is 0 Å². The minimum absolute atomic E-state index is 0.456. The second kappa shape index (κ2) is 9.15. The highest BCUT2D eigenvalue weighted by atomic mass is 16.5. The van der Waals surface area contributed by atoms with Crippen molar-refractivity contribution >= 4 is 17.2 Å². The number of azo groups is 1. The summed E-state index contributed by atoms with van der Waals surface area (Å²) in [5.41, 5.74) is 5.39. The SMILES string of the molecule is COc1ccc(N=N/C(=N\Nc2ccccc2)c2ccc(OC)cc2)cc1. The maximum atomic E-state index is 5.21. The number of para-hydroxylation sites is 1. The number of nitrogens with one attached hydrogen (secondary N) is 1. The summed E-state index contributed by atoms with van der Waals surface area (Å²) in [5, 5.41) is 13.0. The van der Waals surface area contributed by atoms with E-state index in [1.807, 2.05) is 78.9 Å². The van der Waals surface area contributed by atoms with Gasteiger partial charge in [0, 0.05) is 5.56 Å². The monoisotopic (exact) mass is 360 g/mol. The fourth-order valence-corrected chi connectivity index (χ4v) is 2.27. The summed E-state index contributed by atoms with van der Waals surface area (Å²) in [6, 6.07) is 24.5. The first-order valence-corrected chi connectivity index (χ1v) is 8.37. The Balaban J connectivity index is 1.86. The summed E-state index contributed by atoms with van der Waals surface area (Å²) in [6.07, 6.45) is 0. The summed E-state index contributed by atoms with van der Waals surface area (Å²) in [6.45, 7) is 0. The average Bonchev–Trinajstić information content (AvgIpc) is 2.75. The first-order chi connectivity index (χ1) is 13.3. The normalized spacial score (nSPS) is 11.4. The molecule has 0 spiro atoms. The molecule has 6 nitrogen and oxygen atoms in total. The van der Waals surface area contributed by atoms with Gasteiger partial charge in [0.15, 0.2) is 0 Å². The fourth-order valence-electron chi connectivity index (χ4n) is 2.27. The minimum Gasteiger partial charge on any atom is -0.497 e.